The minimum absolute atomic E-state index is 0.182. The molecule has 0 saturated heterocycles. The molecule has 1 aromatic carbocycles. The van der Waals surface area contributed by atoms with Crippen molar-refractivity contribution in [2.75, 3.05) is 6.54 Å². The van der Waals surface area contributed by atoms with Crippen molar-refractivity contribution in [1.82, 2.24) is 30.3 Å². The van der Waals surface area contributed by atoms with Gasteiger partial charge in [-0.25, -0.2) is 9.67 Å². The van der Waals surface area contributed by atoms with E-state index >= 15 is 0 Å². The average Bonchev–Trinajstić information content (AvgIpc) is 3.42. The molecule has 8 heteroatoms. The molecule has 3 aromatic heterocycles. The average molecular weight is 348 g/mol. The van der Waals surface area contributed by atoms with E-state index < -0.39 is 0 Å². The molecule has 0 saturated carbocycles. The number of aromatic amines is 1. The zero-order valence-electron chi connectivity index (χ0n) is 13.8. The molecular formula is C18H16N6O2. The third kappa shape index (κ3) is 3.39. The van der Waals surface area contributed by atoms with Gasteiger partial charge in [0.2, 0.25) is 5.82 Å². The predicted molar refractivity (Wildman–Crippen MR) is 93.7 cm³/mol. The molecule has 0 aliphatic rings. The lowest BCUT2D eigenvalue weighted by atomic mass is 10.3. The number of hydrogen-bond acceptors (Lipinski definition) is 5. The van der Waals surface area contributed by atoms with Crippen LogP contribution in [0.5, 0.6) is 0 Å². The van der Waals surface area contributed by atoms with Gasteiger partial charge in [0.05, 0.1) is 23.7 Å². The van der Waals surface area contributed by atoms with Gasteiger partial charge in [0, 0.05) is 19.2 Å². The van der Waals surface area contributed by atoms with Crippen LogP contribution in [0.1, 0.15) is 16.2 Å². The maximum atomic E-state index is 12.2. The number of benzene rings is 1. The summed E-state index contributed by atoms with van der Waals surface area (Å²) in [6.45, 7) is 0.433. The van der Waals surface area contributed by atoms with Gasteiger partial charge in [-0.15, -0.1) is 0 Å². The molecule has 1 amide bonds. The Bertz CT molecular complexity index is 988. The summed E-state index contributed by atoms with van der Waals surface area (Å²) in [4.78, 5) is 16.6. The van der Waals surface area contributed by atoms with Crippen molar-refractivity contribution in [3.8, 4) is 17.3 Å². The maximum absolute atomic E-state index is 12.2. The number of hydrogen-bond donors (Lipinski definition) is 2. The molecule has 3 heterocycles. The first kappa shape index (κ1) is 15.8. The Morgan fingerprint density at radius 1 is 1.19 bits per heavy atom. The smallest absolute Gasteiger partial charge is 0.254 e. The topological polar surface area (TPSA) is 102 Å². The van der Waals surface area contributed by atoms with E-state index in [-0.39, 0.29) is 5.91 Å². The fourth-order valence-electron chi connectivity index (χ4n) is 2.48. The van der Waals surface area contributed by atoms with E-state index in [4.69, 9.17) is 4.42 Å². The number of nitrogens with zero attached hydrogens (tertiary/aromatic N) is 4. The van der Waals surface area contributed by atoms with Gasteiger partial charge in [0.1, 0.15) is 5.82 Å². The minimum atomic E-state index is -0.182. The zero-order chi connectivity index (χ0) is 17.8. The normalized spacial score (nSPS) is 10.8. The Labute approximate surface area is 148 Å². The lowest BCUT2D eigenvalue weighted by Crippen LogP contribution is -2.25. The lowest BCUT2D eigenvalue weighted by Gasteiger charge is -2.01. The molecule has 130 valence electrons. The van der Waals surface area contributed by atoms with Crippen LogP contribution >= 0.6 is 0 Å². The first-order valence-electron chi connectivity index (χ1n) is 8.13. The maximum Gasteiger partial charge on any atom is 0.254 e. The summed E-state index contributed by atoms with van der Waals surface area (Å²) in [5.74, 6) is 1.60. The van der Waals surface area contributed by atoms with E-state index in [1.807, 2.05) is 30.3 Å². The first-order chi connectivity index (χ1) is 12.8. The molecule has 0 spiro atoms. The number of para-hydroxylation sites is 1. The summed E-state index contributed by atoms with van der Waals surface area (Å²) < 4.78 is 6.92. The summed E-state index contributed by atoms with van der Waals surface area (Å²) in [5.41, 5.74) is 1.40. The van der Waals surface area contributed by atoms with E-state index in [9.17, 15) is 4.79 Å². The summed E-state index contributed by atoms with van der Waals surface area (Å²) >= 11 is 0. The van der Waals surface area contributed by atoms with Crippen LogP contribution < -0.4 is 5.32 Å². The van der Waals surface area contributed by atoms with Gasteiger partial charge >= 0.3 is 0 Å². The number of aromatic nitrogens is 5. The van der Waals surface area contributed by atoms with E-state index in [2.05, 4.69) is 25.6 Å². The quantitative estimate of drug-likeness (QED) is 0.556. The van der Waals surface area contributed by atoms with Crippen LogP contribution in [0.3, 0.4) is 0 Å². The monoisotopic (exact) mass is 348 g/mol. The van der Waals surface area contributed by atoms with Gasteiger partial charge in [-0.05, 0) is 24.3 Å². The Morgan fingerprint density at radius 3 is 2.88 bits per heavy atom. The van der Waals surface area contributed by atoms with Gasteiger partial charge in [-0.3, -0.25) is 9.89 Å². The van der Waals surface area contributed by atoms with Crippen molar-refractivity contribution < 1.29 is 9.21 Å². The molecular weight excluding hydrogens is 332 g/mol. The number of carbonyl (C=O) groups is 1. The number of furan rings is 1. The number of amides is 1. The van der Waals surface area contributed by atoms with Crippen molar-refractivity contribution in [1.29, 1.82) is 0 Å². The highest BCUT2D eigenvalue weighted by molar-refractivity contribution is 5.93. The number of H-pyrrole nitrogens is 1. The molecule has 0 radical (unpaired) electrons. The lowest BCUT2D eigenvalue weighted by molar-refractivity contribution is 0.0954. The van der Waals surface area contributed by atoms with Gasteiger partial charge in [0.15, 0.2) is 5.76 Å². The second-order valence-electron chi connectivity index (χ2n) is 5.60. The third-order valence-electron chi connectivity index (χ3n) is 3.79. The Hall–Kier alpha value is -3.68. The number of carbonyl (C=O) groups excluding carboxylic acids is 1. The van der Waals surface area contributed by atoms with Crippen LogP contribution in [0.25, 0.3) is 17.3 Å². The van der Waals surface area contributed by atoms with Crippen molar-refractivity contribution >= 4 is 5.91 Å². The second-order valence-corrected chi connectivity index (χ2v) is 5.60. The molecule has 0 atom stereocenters. The molecule has 0 bridgehead atoms. The molecule has 0 fully saturated rings. The Morgan fingerprint density at radius 2 is 2.08 bits per heavy atom. The molecule has 0 aliphatic heterocycles. The van der Waals surface area contributed by atoms with Crippen LogP contribution in [0.4, 0.5) is 0 Å². The highest BCUT2D eigenvalue weighted by atomic mass is 16.3. The summed E-state index contributed by atoms with van der Waals surface area (Å²) in [6.07, 6.45) is 5.35. The van der Waals surface area contributed by atoms with Gasteiger partial charge in [-0.2, -0.15) is 10.2 Å². The number of nitrogens with one attached hydrogen (secondary N) is 2. The van der Waals surface area contributed by atoms with Crippen LogP contribution in [-0.4, -0.2) is 37.4 Å². The molecule has 4 rings (SSSR count). The van der Waals surface area contributed by atoms with Crippen molar-refractivity contribution in [2.45, 2.75) is 6.42 Å². The number of rotatable bonds is 6. The summed E-state index contributed by atoms with van der Waals surface area (Å²) in [7, 11) is 0. The van der Waals surface area contributed by atoms with E-state index in [1.165, 1.54) is 0 Å². The SMILES string of the molecule is O=C(NCCc1nc(-c2ccco2)n[nH]1)c1cnn(-c2ccccc2)c1. The van der Waals surface area contributed by atoms with Crippen LogP contribution in [0.2, 0.25) is 0 Å². The Balaban J connectivity index is 1.33. The molecule has 0 aliphatic carbocycles. The largest absolute Gasteiger partial charge is 0.461 e. The minimum Gasteiger partial charge on any atom is -0.461 e. The van der Waals surface area contributed by atoms with Gasteiger partial charge < -0.3 is 9.73 Å². The van der Waals surface area contributed by atoms with E-state index in [0.29, 0.717) is 35.9 Å². The van der Waals surface area contributed by atoms with Crippen LogP contribution in [0.15, 0.2) is 65.5 Å². The molecule has 26 heavy (non-hydrogen) atoms. The molecule has 4 aromatic rings. The standard InChI is InChI=1S/C18H16N6O2/c25-18(13-11-20-24(12-13)14-5-2-1-3-6-14)19-9-8-16-21-17(23-22-16)15-7-4-10-26-15/h1-7,10-12H,8-9H2,(H,19,25)(H,21,22,23). The third-order valence-corrected chi connectivity index (χ3v) is 3.79. The van der Waals surface area contributed by atoms with Crippen molar-refractivity contribution in [3.05, 3.63) is 72.5 Å². The Kier molecular flexibility index (Phi) is 4.29. The van der Waals surface area contributed by atoms with E-state index in [0.717, 1.165) is 5.69 Å². The van der Waals surface area contributed by atoms with Gasteiger partial charge in [-0.1, -0.05) is 18.2 Å². The zero-order valence-corrected chi connectivity index (χ0v) is 13.8. The van der Waals surface area contributed by atoms with E-state index in [1.54, 1.807) is 35.5 Å². The molecule has 8 nitrogen and oxygen atoms in total. The fourth-order valence-corrected chi connectivity index (χ4v) is 2.48. The highest BCUT2D eigenvalue weighted by Gasteiger charge is 2.11. The highest BCUT2D eigenvalue weighted by Crippen LogP contribution is 2.14. The second kappa shape index (κ2) is 7.06. The van der Waals surface area contributed by atoms with Crippen LogP contribution in [0, 0.1) is 0 Å². The van der Waals surface area contributed by atoms with Crippen molar-refractivity contribution in [2.24, 2.45) is 0 Å². The summed E-state index contributed by atoms with van der Waals surface area (Å²) in [6, 6.07) is 13.2. The predicted octanol–water partition coefficient (Wildman–Crippen LogP) is 2.22. The van der Waals surface area contributed by atoms with Crippen LogP contribution in [-0.2, 0) is 6.42 Å². The fraction of sp³-hybridized carbons (Fsp3) is 0.111. The summed E-state index contributed by atoms with van der Waals surface area (Å²) in [5, 5.41) is 14.0. The first-order valence-corrected chi connectivity index (χ1v) is 8.13. The molecule has 2 N–H and O–H groups in total. The van der Waals surface area contributed by atoms with Crippen molar-refractivity contribution in [3.63, 3.8) is 0 Å². The molecule has 0 unspecified atom stereocenters. The van der Waals surface area contributed by atoms with Gasteiger partial charge in [0.25, 0.3) is 5.91 Å².